The number of aliphatic hydroxyl groups is 1. The Morgan fingerprint density at radius 2 is 1.81 bits per heavy atom. The molecule has 0 unspecified atom stereocenters. The summed E-state index contributed by atoms with van der Waals surface area (Å²) < 4.78 is 1.47. The van der Waals surface area contributed by atoms with Crippen molar-refractivity contribution in [3.05, 3.63) is 69.6 Å². The summed E-state index contributed by atoms with van der Waals surface area (Å²) in [4.78, 5) is 17.2. The van der Waals surface area contributed by atoms with Crippen molar-refractivity contribution in [2.45, 2.75) is 47.1 Å². The van der Waals surface area contributed by atoms with Crippen LogP contribution in [0.5, 0.6) is 0 Å². The maximum atomic E-state index is 12.6. The molecule has 1 aromatic carbocycles. The van der Waals surface area contributed by atoms with Crippen molar-refractivity contribution in [3.63, 3.8) is 0 Å². The molecule has 0 fully saturated rings. The first-order chi connectivity index (χ1) is 11.8. The van der Waals surface area contributed by atoms with Crippen LogP contribution in [0, 0.1) is 6.92 Å². The Morgan fingerprint density at radius 3 is 2.38 bits per heavy atom. The van der Waals surface area contributed by atoms with Gasteiger partial charge in [-0.3, -0.25) is 9.20 Å². The largest absolute Gasteiger partial charge is 0.391 e. The summed E-state index contributed by atoms with van der Waals surface area (Å²) in [6.07, 6.45) is 1.67. The predicted octanol–water partition coefficient (Wildman–Crippen LogP) is 4.17. The lowest BCUT2D eigenvalue weighted by Crippen LogP contribution is -2.22. The number of pyridine rings is 1. The zero-order valence-electron chi connectivity index (χ0n) is 15.0. The molecule has 2 N–H and O–H groups in total. The zero-order valence-corrected chi connectivity index (χ0v) is 15.0. The van der Waals surface area contributed by atoms with E-state index in [-0.39, 0.29) is 30.6 Å². The third-order valence-electron chi connectivity index (χ3n) is 4.31. The molecule has 0 spiro atoms. The Morgan fingerprint density at radius 1 is 1.15 bits per heavy atom. The summed E-state index contributed by atoms with van der Waals surface area (Å²) in [5, 5.41) is 12.8. The fourth-order valence-electron chi connectivity index (χ4n) is 2.77. The Kier molecular flexibility index (Phi) is 5.52. The second-order valence-electron chi connectivity index (χ2n) is 7.24. The number of fused-ring (bicyclic) bond motifs is 1. The standard InChI is InChI=1S/C20H23N3O2.CH4/c1-13-6-5-11-23-18(13)22-17(16(12-24)19(23)25)21-15-9-7-14(8-10-15)20(2,3)4;/h5-11,21,24H,12H2,1-4H3;1H4. The topological polar surface area (TPSA) is 66.6 Å². The summed E-state index contributed by atoms with van der Waals surface area (Å²) in [5.41, 5.74) is 3.60. The van der Waals surface area contributed by atoms with Crippen LogP contribution in [0.4, 0.5) is 11.5 Å². The number of hydrogen-bond donors (Lipinski definition) is 2. The highest BCUT2D eigenvalue weighted by atomic mass is 16.3. The number of hydrogen-bond acceptors (Lipinski definition) is 4. The van der Waals surface area contributed by atoms with Gasteiger partial charge in [-0.25, -0.2) is 4.98 Å². The fraction of sp³-hybridized carbons (Fsp3) is 0.333. The summed E-state index contributed by atoms with van der Waals surface area (Å²) in [5.74, 6) is 0.394. The third-order valence-corrected chi connectivity index (χ3v) is 4.31. The first kappa shape index (κ1) is 19.7. The van der Waals surface area contributed by atoms with Crippen molar-refractivity contribution in [1.82, 2.24) is 9.38 Å². The molecule has 0 radical (unpaired) electrons. The van der Waals surface area contributed by atoms with E-state index in [1.54, 1.807) is 12.3 Å². The molecule has 3 aromatic rings. The molecular weight excluding hydrogens is 326 g/mol. The summed E-state index contributed by atoms with van der Waals surface area (Å²) in [7, 11) is 0. The van der Waals surface area contributed by atoms with E-state index in [2.05, 4.69) is 43.2 Å². The number of nitrogens with one attached hydrogen (secondary N) is 1. The van der Waals surface area contributed by atoms with Crippen molar-refractivity contribution in [2.75, 3.05) is 5.32 Å². The number of aromatic nitrogens is 2. The fourth-order valence-corrected chi connectivity index (χ4v) is 2.77. The average Bonchev–Trinajstić information content (AvgIpc) is 2.56. The van der Waals surface area contributed by atoms with Gasteiger partial charge in [0.15, 0.2) is 0 Å². The molecule has 2 aromatic heterocycles. The van der Waals surface area contributed by atoms with Crippen LogP contribution in [0.3, 0.4) is 0 Å². The maximum Gasteiger partial charge on any atom is 0.265 e. The molecule has 2 heterocycles. The van der Waals surface area contributed by atoms with Gasteiger partial charge in [0.2, 0.25) is 0 Å². The maximum absolute atomic E-state index is 12.6. The molecule has 0 saturated heterocycles. The number of aryl methyl sites for hydroxylation is 1. The van der Waals surface area contributed by atoms with Crippen LogP contribution >= 0.6 is 0 Å². The van der Waals surface area contributed by atoms with Gasteiger partial charge in [-0.2, -0.15) is 0 Å². The molecule has 3 rings (SSSR count). The summed E-state index contributed by atoms with van der Waals surface area (Å²) in [6, 6.07) is 11.7. The zero-order chi connectivity index (χ0) is 18.2. The van der Waals surface area contributed by atoms with Gasteiger partial charge >= 0.3 is 0 Å². The molecule has 0 amide bonds. The molecule has 0 aliphatic rings. The number of anilines is 2. The Balaban J connectivity index is 0.00000243. The van der Waals surface area contributed by atoms with Gasteiger partial charge in [0.1, 0.15) is 11.5 Å². The van der Waals surface area contributed by atoms with Gasteiger partial charge in [0.25, 0.3) is 5.56 Å². The van der Waals surface area contributed by atoms with Crippen LogP contribution in [-0.2, 0) is 12.0 Å². The minimum Gasteiger partial charge on any atom is -0.391 e. The van der Waals surface area contributed by atoms with Crippen LogP contribution in [-0.4, -0.2) is 14.5 Å². The van der Waals surface area contributed by atoms with Gasteiger partial charge in [-0.05, 0) is 41.7 Å². The van der Waals surface area contributed by atoms with E-state index in [4.69, 9.17) is 0 Å². The number of nitrogens with zero attached hydrogens (tertiary/aromatic N) is 2. The molecular formula is C21H27N3O2. The molecule has 138 valence electrons. The van der Waals surface area contributed by atoms with Crippen LogP contribution in [0.2, 0.25) is 0 Å². The van der Waals surface area contributed by atoms with Crippen LogP contribution in [0.1, 0.15) is 44.9 Å². The summed E-state index contributed by atoms with van der Waals surface area (Å²) in [6.45, 7) is 8.02. The van der Waals surface area contributed by atoms with Crippen molar-refractivity contribution in [3.8, 4) is 0 Å². The highest BCUT2D eigenvalue weighted by molar-refractivity contribution is 5.63. The molecule has 5 nitrogen and oxygen atoms in total. The molecule has 0 bridgehead atoms. The smallest absolute Gasteiger partial charge is 0.265 e. The van der Waals surface area contributed by atoms with Gasteiger partial charge in [0.05, 0.1) is 12.2 Å². The number of rotatable bonds is 3. The summed E-state index contributed by atoms with van der Waals surface area (Å²) >= 11 is 0. The number of aliphatic hydroxyl groups excluding tert-OH is 1. The predicted molar refractivity (Wildman–Crippen MR) is 107 cm³/mol. The van der Waals surface area contributed by atoms with Crippen molar-refractivity contribution in [1.29, 1.82) is 0 Å². The van der Waals surface area contributed by atoms with E-state index in [9.17, 15) is 9.90 Å². The first-order valence-corrected chi connectivity index (χ1v) is 8.30. The lowest BCUT2D eigenvalue weighted by molar-refractivity contribution is 0.280. The highest BCUT2D eigenvalue weighted by Gasteiger charge is 2.15. The monoisotopic (exact) mass is 353 g/mol. The quantitative estimate of drug-likeness (QED) is 0.741. The van der Waals surface area contributed by atoms with Crippen molar-refractivity contribution < 1.29 is 5.11 Å². The average molecular weight is 353 g/mol. The van der Waals surface area contributed by atoms with E-state index < -0.39 is 0 Å². The minimum atomic E-state index is -0.370. The first-order valence-electron chi connectivity index (χ1n) is 8.30. The van der Waals surface area contributed by atoms with Crippen LogP contribution < -0.4 is 10.9 Å². The third kappa shape index (κ3) is 3.63. The van der Waals surface area contributed by atoms with Crippen LogP contribution in [0.15, 0.2) is 47.4 Å². The minimum absolute atomic E-state index is 0. The molecule has 0 saturated carbocycles. The normalized spacial score (nSPS) is 11.3. The van der Waals surface area contributed by atoms with Gasteiger partial charge in [0, 0.05) is 11.9 Å². The Hall–Kier alpha value is -2.66. The lowest BCUT2D eigenvalue weighted by Gasteiger charge is -2.19. The van der Waals surface area contributed by atoms with Gasteiger partial charge in [-0.1, -0.05) is 46.4 Å². The van der Waals surface area contributed by atoms with Crippen LogP contribution in [0.25, 0.3) is 5.65 Å². The highest BCUT2D eigenvalue weighted by Crippen LogP contribution is 2.25. The lowest BCUT2D eigenvalue weighted by atomic mass is 9.87. The van der Waals surface area contributed by atoms with Crippen molar-refractivity contribution in [2.24, 2.45) is 0 Å². The second kappa shape index (κ2) is 7.30. The Bertz CT molecular complexity index is 967. The van der Waals surface area contributed by atoms with E-state index in [0.29, 0.717) is 11.5 Å². The van der Waals surface area contributed by atoms with E-state index in [0.717, 1.165) is 11.3 Å². The molecule has 0 atom stereocenters. The molecule has 26 heavy (non-hydrogen) atoms. The van der Waals surface area contributed by atoms with Crippen molar-refractivity contribution >= 4 is 17.2 Å². The van der Waals surface area contributed by atoms with Gasteiger partial charge in [-0.15, -0.1) is 0 Å². The second-order valence-corrected chi connectivity index (χ2v) is 7.24. The molecule has 5 heteroatoms. The van der Waals surface area contributed by atoms with E-state index in [1.807, 2.05) is 25.1 Å². The molecule has 0 aliphatic heterocycles. The SMILES string of the molecule is C.Cc1cccn2c(=O)c(CO)c(Nc3ccc(C(C)(C)C)cc3)nc12. The Labute approximate surface area is 154 Å². The molecule has 0 aliphatic carbocycles. The number of benzene rings is 1. The van der Waals surface area contributed by atoms with Gasteiger partial charge < -0.3 is 10.4 Å². The van der Waals surface area contributed by atoms with E-state index >= 15 is 0 Å². The van der Waals surface area contributed by atoms with E-state index in [1.165, 1.54) is 9.96 Å².